The maximum atomic E-state index is 12.6. The lowest BCUT2D eigenvalue weighted by Crippen LogP contribution is -2.70. The normalized spacial score (nSPS) is 43.4. The van der Waals surface area contributed by atoms with E-state index in [1.807, 2.05) is 6.08 Å². The Hall–Kier alpha value is -2.04. The number of rotatable bonds is 19. The average molecular weight is 843 g/mol. The van der Waals surface area contributed by atoms with Crippen LogP contribution in [0.2, 0.25) is 0 Å². The van der Waals surface area contributed by atoms with E-state index in [1.165, 1.54) is 13.8 Å². The summed E-state index contributed by atoms with van der Waals surface area (Å²) < 4.78 is 47.9. The van der Waals surface area contributed by atoms with Gasteiger partial charge in [-0.2, -0.15) is 0 Å². The van der Waals surface area contributed by atoms with Crippen molar-refractivity contribution in [3.05, 3.63) is 12.7 Å². The molecule has 20 atom stereocenters. The van der Waals surface area contributed by atoms with Gasteiger partial charge in [0.05, 0.1) is 25.9 Å². The van der Waals surface area contributed by atoms with Crippen molar-refractivity contribution >= 4 is 11.8 Å². The number of ether oxygens (including phenoxy) is 8. The van der Waals surface area contributed by atoms with E-state index in [2.05, 4.69) is 17.2 Å². The zero-order valence-corrected chi connectivity index (χ0v) is 32.8. The topological polar surface area (TPSA) is 334 Å². The van der Waals surface area contributed by atoms with Crippen molar-refractivity contribution in [3.63, 3.8) is 0 Å². The molecule has 12 N–H and O–H groups in total. The number of aliphatic hydroxyl groups is 10. The van der Waals surface area contributed by atoms with E-state index >= 15 is 0 Å². The number of hydrogen-bond donors (Lipinski definition) is 12. The number of amides is 2. The molecule has 4 fully saturated rings. The van der Waals surface area contributed by atoms with Crippen molar-refractivity contribution in [1.29, 1.82) is 0 Å². The minimum Gasteiger partial charge on any atom is -0.394 e. The highest BCUT2D eigenvalue weighted by atomic mass is 16.8. The van der Waals surface area contributed by atoms with E-state index in [4.69, 9.17) is 37.9 Å². The van der Waals surface area contributed by atoms with Gasteiger partial charge in [0, 0.05) is 20.5 Å². The van der Waals surface area contributed by atoms with Gasteiger partial charge in [0.1, 0.15) is 91.4 Å². The molecule has 0 bridgehead atoms. The molecule has 4 heterocycles. The molecule has 4 rings (SSSR count). The first-order valence-electron chi connectivity index (χ1n) is 19.5. The largest absolute Gasteiger partial charge is 0.394 e. The first-order chi connectivity index (χ1) is 27.6. The zero-order chi connectivity index (χ0) is 42.8. The minimum atomic E-state index is -1.94. The van der Waals surface area contributed by atoms with E-state index < -0.39 is 154 Å². The third-order valence-electron chi connectivity index (χ3n) is 10.5. The van der Waals surface area contributed by atoms with Gasteiger partial charge in [-0.3, -0.25) is 9.59 Å². The Labute approximate surface area is 335 Å². The number of carbonyl (C=O) groups is 2. The minimum absolute atomic E-state index is 0.145. The van der Waals surface area contributed by atoms with Crippen molar-refractivity contribution in [2.45, 2.75) is 176 Å². The van der Waals surface area contributed by atoms with Crippen molar-refractivity contribution in [1.82, 2.24) is 10.6 Å². The Balaban J connectivity index is 1.73. The van der Waals surface area contributed by atoms with Gasteiger partial charge in [-0.25, -0.2) is 0 Å². The number of aliphatic hydroxyl groups excluding tert-OH is 10. The predicted molar refractivity (Wildman–Crippen MR) is 193 cm³/mol. The van der Waals surface area contributed by atoms with Crippen LogP contribution in [-0.4, -0.2) is 212 Å². The Morgan fingerprint density at radius 1 is 0.569 bits per heavy atom. The fourth-order valence-corrected chi connectivity index (χ4v) is 7.33. The fourth-order valence-electron chi connectivity index (χ4n) is 7.33. The SMILES string of the molecule is C=CCCCCCCO[C@@H]1O[C@H](CO)[C@H](O)[C@H](O[C@@H]2O[C@H](CO)[C@H](O)[C@H](O[C@H]3O[C@H](CO)[C@H](O)[C@H](O)[C@H]3NC(C)=O)[C@H]2O[C@@H]2O[C@@H](C)[C@@H](O)[C@@H](O)[C@@H]2O)[C@H]1NC(C)=O. The maximum Gasteiger partial charge on any atom is 0.217 e. The van der Waals surface area contributed by atoms with Gasteiger partial charge < -0.3 is 99.6 Å². The molecular formula is C36H62N2O20. The molecular weight excluding hydrogens is 780 g/mol. The molecule has 2 amide bonds. The van der Waals surface area contributed by atoms with Crippen LogP contribution >= 0.6 is 0 Å². The van der Waals surface area contributed by atoms with Crippen LogP contribution in [0.4, 0.5) is 0 Å². The standard InChI is InChI=1S/C36H62N2O20/c1-5-6-7-8-9-10-11-51-33-22(38-17(4)43)30(25(46)19(13-40)53-33)56-36-32(58-35-29(50)28(49)23(44)15(2)52-35)31(26(47)20(14-41)55-36)57-34-21(37-16(3)42)27(48)24(45)18(12-39)54-34/h5,15,18-36,39-41,44-50H,1,6-14H2,2-4H3,(H,37,42)(H,38,43)/t15-,18+,19+,20+,21+,22+,23+,24-,25-,26-,27+,28+,29-,30+,31-,32+,33+,34+,35-,36-/m0/s1. The van der Waals surface area contributed by atoms with Crippen molar-refractivity contribution in [2.24, 2.45) is 0 Å². The molecule has 22 nitrogen and oxygen atoms in total. The van der Waals surface area contributed by atoms with E-state index in [-0.39, 0.29) is 6.61 Å². The van der Waals surface area contributed by atoms with Crippen LogP contribution in [0.3, 0.4) is 0 Å². The molecule has 0 saturated carbocycles. The summed E-state index contributed by atoms with van der Waals surface area (Å²) in [5, 5.41) is 112. The van der Waals surface area contributed by atoms with E-state index in [0.29, 0.717) is 6.42 Å². The Morgan fingerprint density at radius 2 is 1.09 bits per heavy atom. The average Bonchev–Trinajstić information content (AvgIpc) is 3.18. The zero-order valence-electron chi connectivity index (χ0n) is 32.8. The van der Waals surface area contributed by atoms with Crippen molar-refractivity contribution in [3.8, 4) is 0 Å². The molecule has 0 spiro atoms. The van der Waals surface area contributed by atoms with Crippen molar-refractivity contribution < 1.29 is 98.5 Å². The Bertz CT molecular complexity index is 1290. The number of unbranched alkanes of at least 4 members (excludes halogenated alkanes) is 4. The molecule has 4 aliphatic heterocycles. The lowest BCUT2D eigenvalue weighted by Gasteiger charge is -2.51. The lowest BCUT2D eigenvalue weighted by atomic mass is 9.94. The maximum absolute atomic E-state index is 12.6. The van der Waals surface area contributed by atoms with Crippen LogP contribution < -0.4 is 10.6 Å². The molecule has 0 aromatic rings. The van der Waals surface area contributed by atoms with Gasteiger partial charge in [0.25, 0.3) is 0 Å². The lowest BCUT2D eigenvalue weighted by molar-refractivity contribution is -0.397. The second-order valence-corrected chi connectivity index (χ2v) is 14.9. The van der Waals surface area contributed by atoms with Gasteiger partial charge in [-0.1, -0.05) is 18.9 Å². The van der Waals surface area contributed by atoms with E-state index in [9.17, 15) is 60.7 Å². The third-order valence-corrected chi connectivity index (χ3v) is 10.5. The second-order valence-electron chi connectivity index (χ2n) is 14.9. The predicted octanol–water partition coefficient (Wildman–Crippen LogP) is -5.27. The number of hydrogen-bond acceptors (Lipinski definition) is 20. The van der Waals surface area contributed by atoms with Gasteiger partial charge in [-0.05, 0) is 26.2 Å². The van der Waals surface area contributed by atoms with Crippen LogP contribution in [0.5, 0.6) is 0 Å². The number of allylic oxidation sites excluding steroid dienone is 1. The quantitative estimate of drug-likeness (QED) is 0.0427. The molecule has 58 heavy (non-hydrogen) atoms. The molecule has 0 aromatic heterocycles. The molecule has 0 radical (unpaired) electrons. The molecule has 0 unspecified atom stereocenters. The summed E-state index contributed by atoms with van der Waals surface area (Å²) in [4.78, 5) is 24.8. The summed E-state index contributed by atoms with van der Waals surface area (Å²) in [6, 6.07) is -2.85. The van der Waals surface area contributed by atoms with Crippen LogP contribution in [0.1, 0.15) is 52.9 Å². The van der Waals surface area contributed by atoms with Gasteiger partial charge in [-0.15, -0.1) is 6.58 Å². The molecule has 0 aromatic carbocycles. The highest BCUT2D eigenvalue weighted by molar-refractivity contribution is 5.73. The van der Waals surface area contributed by atoms with Crippen LogP contribution in [-0.2, 0) is 47.5 Å². The highest BCUT2D eigenvalue weighted by Gasteiger charge is 2.57. The van der Waals surface area contributed by atoms with E-state index in [1.54, 1.807) is 0 Å². The molecule has 4 saturated heterocycles. The van der Waals surface area contributed by atoms with Gasteiger partial charge >= 0.3 is 0 Å². The fraction of sp³-hybridized carbons (Fsp3) is 0.889. The Kier molecular flexibility index (Phi) is 19.0. The summed E-state index contributed by atoms with van der Waals surface area (Å²) in [5.74, 6) is -1.30. The summed E-state index contributed by atoms with van der Waals surface area (Å²) in [5.41, 5.74) is 0. The molecule has 0 aliphatic carbocycles. The monoisotopic (exact) mass is 842 g/mol. The third kappa shape index (κ3) is 11.9. The van der Waals surface area contributed by atoms with E-state index in [0.717, 1.165) is 32.6 Å². The van der Waals surface area contributed by atoms with Crippen LogP contribution in [0.25, 0.3) is 0 Å². The van der Waals surface area contributed by atoms with Crippen LogP contribution in [0, 0.1) is 0 Å². The smallest absolute Gasteiger partial charge is 0.217 e. The molecule has 336 valence electrons. The summed E-state index contributed by atoms with van der Waals surface area (Å²) in [7, 11) is 0. The number of carbonyl (C=O) groups excluding carboxylic acids is 2. The molecule has 22 heteroatoms. The number of nitrogens with one attached hydrogen (secondary N) is 2. The van der Waals surface area contributed by atoms with Crippen molar-refractivity contribution in [2.75, 3.05) is 26.4 Å². The summed E-state index contributed by atoms with van der Waals surface area (Å²) in [6.07, 6.45) is -24.1. The summed E-state index contributed by atoms with van der Waals surface area (Å²) >= 11 is 0. The highest BCUT2D eigenvalue weighted by Crippen LogP contribution is 2.36. The van der Waals surface area contributed by atoms with Crippen LogP contribution in [0.15, 0.2) is 12.7 Å². The first kappa shape index (κ1) is 48.6. The second kappa shape index (κ2) is 22.7. The molecule has 4 aliphatic rings. The summed E-state index contributed by atoms with van der Waals surface area (Å²) in [6.45, 7) is 5.04. The Morgan fingerprint density at radius 3 is 1.69 bits per heavy atom. The van der Waals surface area contributed by atoms with Gasteiger partial charge in [0.2, 0.25) is 11.8 Å². The first-order valence-corrected chi connectivity index (χ1v) is 19.5. The van der Waals surface area contributed by atoms with Gasteiger partial charge in [0.15, 0.2) is 25.2 Å².